The predicted molar refractivity (Wildman–Crippen MR) is 80.2 cm³/mol. The van der Waals surface area contributed by atoms with Gasteiger partial charge in [0.25, 0.3) is 0 Å². The van der Waals surface area contributed by atoms with Crippen molar-refractivity contribution in [2.45, 2.75) is 13.8 Å². The third-order valence-electron chi connectivity index (χ3n) is 2.71. The molecule has 0 aliphatic rings. The van der Waals surface area contributed by atoms with Gasteiger partial charge in [0, 0.05) is 18.8 Å². The average molecular weight is 282 g/mol. The summed E-state index contributed by atoms with van der Waals surface area (Å²) in [7, 11) is 0. The third kappa shape index (κ3) is 5.99. The van der Waals surface area contributed by atoms with E-state index in [1.807, 2.05) is 13.8 Å². The molecule has 0 unspecified atom stereocenters. The normalized spacial score (nSPS) is 12.3. The topological polar surface area (TPSA) is 82.7 Å². The summed E-state index contributed by atoms with van der Waals surface area (Å²) >= 11 is 0. The SMILES string of the molecule is CC(C)(CN)CN=C(NCCO)Nc1cccc(F)c1. The zero-order valence-corrected chi connectivity index (χ0v) is 12.0. The van der Waals surface area contributed by atoms with Gasteiger partial charge in [0.2, 0.25) is 0 Å². The summed E-state index contributed by atoms with van der Waals surface area (Å²) in [6.45, 7) is 5.43. The molecule has 0 heterocycles. The highest BCUT2D eigenvalue weighted by Crippen LogP contribution is 2.13. The van der Waals surface area contributed by atoms with Crippen molar-refractivity contribution >= 4 is 11.6 Å². The minimum Gasteiger partial charge on any atom is -0.395 e. The van der Waals surface area contributed by atoms with Gasteiger partial charge >= 0.3 is 0 Å². The van der Waals surface area contributed by atoms with Crippen molar-refractivity contribution in [3.8, 4) is 0 Å². The van der Waals surface area contributed by atoms with Gasteiger partial charge in [0.05, 0.1) is 6.61 Å². The van der Waals surface area contributed by atoms with Crippen molar-refractivity contribution < 1.29 is 9.50 Å². The summed E-state index contributed by atoms with van der Waals surface area (Å²) < 4.78 is 13.1. The second-order valence-corrected chi connectivity index (χ2v) is 5.32. The van der Waals surface area contributed by atoms with E-state index in [2.05, 4.69) is 15.6 Å². The number of guanidine groups is 1. The number of aliphatic hydroxyl groups is 1. The fourth-order valence-corrected chi connectivity index (χ4v) is 1.37. The molecule has 5 nitrogen and oxygen atoms in total. The fraction of sp³-hybridized carbons (Fsp3) is 0.500. The minimum atomic E-state index is -0.321. The summed E-state index contributed by atoms with van der Waals surface area (Å²) in [5.41, 5.74) is 6.15. The molecule has 0 aliphatic heterocycles. The van der Waals surface area contributed by atoms with Gasteiger partial charge in [-0.05, 0) is 30.2 Å². The van der Waals surface area contributed by atoms with E-state index in [1.165, 1.54) is 12.1 Å². The van der Waals surface area contributed by atoms with Crippen molar-refractivity contribution in [2.75, 3.05) is 31.6 Å². The van der Waals surface area contributed by atoms with Crippen molar-refractivity contribution in [1.29, 1.82) is 0 Å². The number of benzene rings is 1. The van der Waals surface area contributed by atoms with Crippen LogP contribution in [0.25, 0.3) is 0 Å². The summed E-state index contributed by atoms with van der Waals surface area (Å²) in [4.78, 5) is 4.41. The van der Waals surface area contributed by atoms with Crippen molar-refractivity contribution in [3.05, 3.63) is 30.1 Å². The number of nitrogens with two attached hydrogens (primary N) is 1. The van der Waals surface area contributed by atoms with Gasteiger partial charge in [0.15, 0.2) is 5.96 Å². The van der Waals surface area contributed by atoms with E-state index in [9.17, 15) is 4.39 Å². The first-order valence-corrected chi connectivity index (χ1v) is 6.59. The largest absolute Gasteiger partial charge is 0.395 e. The Bertz CT molecular complexity index is 449. The van der Waals surface area contributed by atoms with Gasteiger partial charge in [-0.1, -0.05) is 19.9 Å². The number of aliphatic hydroxyl groups excluding tert-OH is 1. The predicted octanol–water partition coefficient (Wildman–Crippen LogP) is 1.16. The molecule has 0 amide bonds. The van der Waals surface area contributed by atoms with Gasteiger partial charge in [-0.3, -0.25) is 4.99 Å². The quantitative estimate of drug-likeness (QED) is 0.466. The number of nitrogens with one attached hydrogen (secondary N) is 2. The highest BCUT2D eigenvalue weighted by atomic mass is 19.1. The van der Waals surface area contributed by atoms with Crippen LogP contribution < -0.4 is 16.4 Å². The number of rotatable bonds is 6. The second-order valence-electron chi connectivity index (χ2n) is 5.32. The van der Waals surface area contributed by atoms with Crippen LogP contribution in [0, 0.1) is 11.2 Å². The molecule has 0 radical (unpaired) electrons. The lowest BCUT2D eigenvalue weighted by atomic mass is 9.94. The van der Waals surface area contributed by atoms with Crippen LogP contribution in [0.3, 0.4) is 0 Å². The van der Waals surface area contributed by atoms with Gasteiger partial charge in [0.1, 0.15) is 5.82 Å². The van der Waals surface area contributed by atoms with Crippen LogP contribution in [0.2, 0.25) is 0 Å². The third-order valence-corrected chi connectivity index (χ3v) is 2.71. The summed E-state index contributed by atoms with van der Waals surface area (Å²) in [6.07, 6.45) is 0. The molecule has 5 N–H and O–H groups in total. The number of nitrogens with zero attached hydrogens (tertiary/aromatic N) is 1. The molecule has 1 aromatic carbocycles. The Morgan fingerprint density at radius 2 is 2.20 bits per heavy atom. The van der Waals surface area contributed by atoms with Crippen molar-refractivity contribution in [2.24, 2.45) is 16.1 Å². The van der Waals surface area contributed by atoms with Gasteiger partial charge < -0.3 is 21.5 Å². The number of hydrogen-bond acceptors (Lipinski definition) is 3. The Kier molecular flexibility index (Phi) is 6.41. The van der Waals surface area contributed by atoms with Crippen LogP contribution in [0.15, 0.2) is 29.3 Å². The molecule has 0 aromatic heterocycles. The number of aliphatic imine (C=N–C) groups is 1. The summed E-state index contributed by atoms with van der Waals surface area (Å²) in [6, 6.07) is 6.11. The molecule has 0 spiro atoms. The summed E-state index contributed by atoms with van der Waals surface area (Å²) in [5.74, 6) is 0.171. The smallest absolute Gasteiger partial charge is 0.195 e. The maximum Gasteiger partial charge on any atom is 0.195 e. The lowest BCUT2D eigenvalue weighted by Crippen LogP contribution is -2.35. The Balaban J connectivity index is 2.75. The van der Waals surface area contributed by atoms with E-state index in [1.54, 1.807) is 12.1 Å². The zero-order chi connectivity index (χ0) is 15.0. The molecule has 0 saturated carbocycles. The van der Waals surface area contributed by atoms with E-state index in [0.717, 1.165) is 0 Å². The van der Waals surface area contributed by atoms with Crippen molar-refractivity contribution in [1.82, 2.24) is 5.32 Å². The Morgan fingerprint density at radius 1 is 1.45 bits per heavy atom. The van der Waals surface area contributed by atoms with Gasteiger partial charge in [-0.25, -0.2) is 4.39 Å². The van der Waals surface area contributed by atoms with Crippen LogP contribution >= 0.6 is 0 Å². The van der Waals surface area contributed by atoms with Crippen LogP contribution in [-0.2, 0) is 0 Å². The van der Waals surface area contributed by atoms with E-state index >= 15 is 0 Å². The molecule has 0 bridgehead atoms. The molecule has 1 aromatic rings. The Labute approximate surface area is 119 Å². The average Bonchev–Trinajstić information content (AvgIpc) is 2.42. The first-order chi connectivity index (χ1) is 9.46. The minimum absolute atomic E-state index is 0.00979. The monoisotopic (exact) mass is 282 g/mol. The molecule has 1 rings (SSSR count). The first kappa shape index (κ1) is 16.4. The van der Waals surface area contributed by atoms with Crippen LogP contribution in [-0.4, -0.2) is 37.3 Å². The van der Waals surface area contributed by atoms with Crippen LogP contribution in [0.5, 0.6) is 0 Å². The number of hydrogen-bond donors (Lipinski definition) is 4. The van der Waals surface area contributed by atoms with Gasteiger partial charge in [-0.15, -0.1) is 0 Å². The maximum absolute atomic E-state index is 13.1. The lowest BCUT2D eigenvalue weighted by Gasteiger charge is -2.20. The van der Waals surface area contributed by atoms with Gasteiger partial charge in [-0.2, -0.15) is 0 Å². The van der Waals surface area contributed by atoms with E-state index < -0.39 is 0 Å². The highest BCUT2D eigenvalue weighted by molar-refractivity contribution is 5.93. The van der Waals surface area contributed by atoms with E-state index in [-0.39, 0.29) is 17.8 Å². The molecule has 6 heteroatoms. The first-order valence-electron chi connectivity index (χ1n) is 6.59. The number of anilines is 1. The van der Waals surface area contributed by atoms with Crippen molar-refractivity contribution in [3.63, 3.8) is 0 Å². The molecule has 0 atom stereocenters. The molecule has 0 aliphatic carbocycles. The Hall–Kier alpha value is -1.66. The molecule has 20 heavy (non-hydrogen) atoms. The zero-order valence-electron chi connectivity index (χ0n) is 12.0. The fourth-order valence-electron chi connectivity index (χ4n) is 1.37. The molecule has 0 fully saturated rings. The second kappa shape index (κ2) is 7.81. The standard InChI is InChI=1S/C14H23FN4O/c1-14(2,9-16)10-18-13(17-6-7-20)19-12-5-3-4-11(15)8-12/h3-5,8,20H,6-7,9-10,16H2,1-2H3,(H2,17,18,19). The molecule has 0 saturated heterocycles. The van der Waals surface area contributed by atoms with E-state index in [0.29, 0.717) is 31.3 Å². The number of halogens is 1. The Morgan fingerprint density at radius 3 is 2.80 bits per heavy atom. The van der Waals surface area contributed by atoms with Crippen LogP contribution in [0.4, 0.5) is 10.1 Å². The molecular weight excluding hydrogens is 259 g/mol. The lowest BCUT2D eigenvalue weighted by molar-refractivity contribution is 0.300. The molecular formula is C14H23FN4O. The van der Waals surface area contributed by atoms with E-state index in [4.69, 9.17) is 10.8 Å². The maximum atomic E-state index is 13.1. The highest BCUT2D eigenvalue weighted by Gasteiger charge is 2.15. The summed E-state index contributed by atoms with van der Waals surface area (Å²) in [5, 5.41) is 14.8. The molecule has 112 valence electrons. The van der Waals surface area contributed by atoms with Crippen LogP contribution in [0.1, 0.15) is 13.8 Å².